The molecule has 0 saturated heterocycles. The van der Waals surface area contributed by atoms with Crippen LogP contribution in [0.5, 0.6) is 5.75 Å². The maximum Gasteiger partial charge on any atom is 0.273 e. The number of carbonyl (C=O) groups is 3. The van der Waals surface area contributed by atoms with Gasteiger partial charge >= 0.3 is 0 Å². The Kier molecular flexibility index (Phi) is 6.65. The lowest BCUT2D eigenvalue weighted by atomic mass is 10.1. The Bertz CT molecular complexity index is 1160. The van der Waals surface area contributed by atoms with Crippen LogP contribution in [0.3, 0.4) is 0 Å². The summed E-state index contributed by atoms with van der Waals surface area (Å²) < 4.78 is 40.0. The van der Waals surface area contributed by atoms with Crippen LogP contribution in [0.1, 0.15) is 42.9 Å². The first-order chi connectivity index (χ1) is 14.8. The van der Waals surface area contributed by atoms with E-state index in [0.29, 0.717) is 16.1 Å². The fourth-order valence-corrected chi connectivity index (χ4v) is 2.95. The lowest BCUT2D eigenvalue weighted by molar-refractivity contribution is -0.140. The molecular weight excluding hydrogens is 434 g/mol. The second kappa shape index (κ2) is 9.22. The van der Waals surface area contributed by atoms with E-state index in [1.807, 2.05) is 0 Å². The average molecular weight is 451 g/mol. The number of hydrogen-bond donors (Lipinski definition) is 0. The molecular formula is C21H17ClF2N2O5. The van der Waals surface area contributed by atoms with Gasteiger partial charge in [-0.25, -0.2) is 18.7 Å². The van der Waals surface area contributed by atoms with Gasteiger partial charge in [0.05, 0.1) is 0 Å². The van der Waals surface area contributed by atoms with E-state index in [9.17, 15) is 23.2 Å². The molecule has 0 spiro atoms. The highest BCUT2D eigenvalue weighted by atomic mass is 35.5. The highest BCUT2D eigenvalue weighted by Gasteiger charge is 2.32. The Balaban J connectivity index is 1.89. The zero-order valence-electron chi connectivity index (χ0n) is 16.6. The summed E-state index contributed by atoms with van der Waals surface area (Å²) in [5, 5.41) is 0.453. The van der Waals surface area contributed by atoms with Crippen molar-refractivity contribution in [3.05, 3.63) is 58.4 Å². The molecule has 1 heterocycles. The zero-order chi connectivity index (χ0) is 22.7. The van der Waals surface area contributed by atoms with Crippen molar-refractivity contribution in [1.82, 2.24) is 9.88 Å². The molecule has 0 bridgehead atoms. The Labute approximate surface area is 180 Å². The molecule has 0 aliphatic heterocycles. The van der Waals surface area contributed by atoms with Crippen LogP contribution in [-0.4, -0.2) is 27.6 Å². The summed E-state index contributed by atoms with van der Waals surface area (Å²) in [5.41, 5.74) is -0.163. The maximum atomic E-state index is 14.9. The van der Waals surface area contributed by atoms with E-state index in [1.165, 1.54) is 13.8 Å². The first-order valence-electron chi connectivity index (χ1n) is 9.32. The smallest absolute Gasteiger partial charge is 0.273 e. The molecule has 0 aliphatic carbocycles. The predicted molar refractivity (Wildman–Crippen MR) is 106 cm³/mol. The van der Waals surface area contributed by atoms with Gasteiger partial charge in [-0.1, -0.05) is 25.4 Å². The third-order valence-corrected chi connectivity index (χ3v) is 4.56. The normalized spacial score (nSPS) is 10.9. The lowest BCUT2D eigenvalue weighted by Crippen LogP contribution is -2.42. The van der Waals surface area contributed by atoms with E-state index >= 15 is 0 Å². The first kappa shape index (κ1) is 22.4. The minimum absolute atomic E-state index is 0.0952. The number of oxazole rings is 1. The molecule has 7 nitrogen and oxygen atoms in total. The van der Waals surface area contributed by atoms with Gasteiger partial charge in [-0.2, -0.15) is 0 Å². The van der Waals surface area contributed by atoms with Crippen molar-refractivity contribution in [2.24, 2.45) is 0 Å². The molecule has 0 aliphatic rings. The largest absolute Gasteiger partial charge is 0.481 e. The number of halogens is 3. The van der Waals surface area contributed by atoms with Crippen LogP contribution in [-0.2, 0) is 16.2 Å². The average Bonchev–Trinajstić information content (AvgIpc) is 3.14. The molecule has 2 aromatic carbocycles. The van der Waals surface area contributed by atoms with Crippen LogP contribution in [0.4, 0.5) is 8.78 Å². The molecule has 3 amide bonds. The second-order valence-electron chi connectivity index (χ2n) is 6.38. The third kappa shape index (κ3) is 4.56. The number of benzene rings is 2. The SMILES string of the molecule is CCC(=O)N(C(=O)CC)C(=O)c1c(F)ccc(OCc2nc3cc(Cl)ccc3o2)c1F. The van der Waals surface area contributed by atoms with Crippen molar-refractivity contribution in [2.45, 2.75) is 33.3 Å². The van der Waals surface area contributed by atoms with Gasteiger partial charge in [-0.05, 0) is 30.3 Å². The number of carbonyl (C=O) groups excluding carboxylic acids is 3. The fourth-order valence-electron chi connectivity index (χ4n) is 2.78. The highest BCUT2D eigenvalue weighted by molar-refractivity contribution is 6.31. The molecule has 0 saturated carbocycles. The van der Waals surface area contributed by atoms with Gasteiger partial charge in [-0.3, -0.25) is 14.4 Å². The number of rotatable bonds is 6. The topological polar surface area (TPSA) is 89.7 Å². The Morgan fingerprint density at radius 2 is 1.77 bits per heavy atom. The van der Waals surface area contributed by atoms with E-state index in [4.69, 9.17) is 20.8 Å². The molecule has 3 rings (SSSR count). The number of nitrogens with zero attached hydrogens (tertiary/aromatic N) is 2. The van der Waals surface area contributed by atoms with E-state index in [1.54, 1.807) is 18.2 Å². The lowest BCUT2D eigenvalue weighted by Gasteiger charge is -2.19. The molecule has 1 aromatic heterocycles. The van der Waals surface area contributed by atoms with Crippen molar-refractivity contribution >= 4 is 40.4 Å². The molecule has 31 heavy (non-hydrogen) atoms. The monoisotopic (exact) mass is 450 g/mol. The first-order valence-corrected chi connectivity index (χ1v) is 9.70. The summed E-state index contributed by atoms with van der Waals surface area (Å²) in [6.45, 7) is 2.52. The van der Waals surface area contributed by atoms with E-state index < -0.39 is 40.7 Å². The van der Waals surface area contributed by atoms with E-state index in [-0.39, 0.29) is 30.2 Å². The van der Waals surface area contributed by atoms with E-state index in [0.717, 1.165) is 12.1 Å². The van der Waals surface area contributed by atoms with Crippen molar-refractivity contribution in [1.29, 1.82) is 0 Å². The van der Waals surface area contributed by atoms with Crippen LogP contribution in [0.2, 0.25) is 5.02 Å². The van der Waals surface area contributed by atoms with Crippen LogP contribution in [0, 0.1) is 11.6 Å². The standard InChI is InChI=1S/C21H17ClF2N2O5/c1-3-17(27)26(18(28)4-2)21(29)19-12(23)6-8-15(20(19)24)30-10-16-25-13-9-11(22)5-7-14(13)31-16/h5-9H,3-4,10H2,1-2H3. The summed E-state index contributed by atoms with van der Waals surface area (Å²) >= 11 is 5.89. The van der Waals surface area contributed by atoms with Gasteiger partial charge in [0.25, 0.3) is 5.91 Å². The number of amides is 3. The Morgan fingerprint density at radius 1 is 1.10 bits per heavy atom. The molecule has 0 N–H and O–H groups in total. The molecule has 0 radical (unpaired) electrons. The number of fused-ring (bicyclic) bond motifs is 1. The summed E-state index contributed by atoms with van der Waals surface area (Å²) in [7, 11) is 0. The van der Waals surface area contributed by atoms with Crippen molar-refractivity contribution in [2.75, 3.05) is 0 Å². The second-order valence-corrected chi connectivity index (χ2v) is 6.81. The number of imide groups is 3. The minimum Gasteiger partial charge on any atom is -0.481 e. The minimum atomic E-state index is -1.39. The maximum absolute atomic E-state index is 14.9. The van der Waals surface area contributed by atoms with Gasteiger partial charge in [0.15, 0.2) is 23.8 Å². The molecule has 0 atom stereocenters. The molecule has 162 valence electrons. The number of ether oxygens (including phenoxy) is 1. The van der Waals surface area contributed by atoms with Crippen LogP contribution in [0.25, 0.3) is 11.1 Å². The quantitative estimate of drug-likeness (QED) is 0.543. The Morgan fingerprint density at radius 3 is 2.42 bits per heavy atom. The van der Waals surface area contributed by atoms with Gasteiger partial charge in [0.1, 0.15) is 16.9 Å². The van der Waals surface area contributed by atoms with Crippen molar-refractivity contribution in [3.8, 4) is 5.75 Å². The summed E-state index contributed by atoms with van der Waals surface area (Å²) in [4.78, 5) is 41.1. The highest BCUT2D eigenvalue weighted by Crippen LogP contribution is 2.27. The molecule has 0 fully saturated rings. The zero-order valence-corrected chi connectivity index (χ0v) is 17.3. The van der Waals surface area contributed by atoms with Crippen molar-refractivity contribution < 1.29 is 32.3 Å². The summed E-state index contributed by atoms with van der Waals surface area (Å²) in [6, 6.07) is 6.58. The van der Waals surface area contributed by atoms with Crippen LogP contribution >= 0.6 is 11.6 Å². The van der Waals surface area contributed by atoms with Gasteiger partial charge in [0.2, 0.25) is 17.7 Å². The predicted octanol–water partition coefficient (Wildman–Crippen LogP) is 4.65. The van der Waals surface area contributed by atoms with Crippen LogP contribution < -0.4 is 4.74 Å². The van der Waals surface area contributed by atoms with Crippen molar-refractivity contribution in [3.63, 3.8) is 0 Å². The molecule has 10 heteroatoms. The van der Waals surface area contributed by atoms with Crippen LogP contribution in [0.15, 0.2) is 34.7 Å². The number of aromatic nitrogens is 1. The Hall–Kier alpha value is -3.33. The van der Waals surface area contributed by atoms with Gasteiger partial charge < -0.3 is 9.15 Å². The molecule has 0 unspecified atom stereocenters. The van der Waals surface area contributed by atoms with Gasteiger partial charge in [0, 0.05) is 17.9 Å². The molecule has 3 aromatic rings. The summed E-state index contributed by atoms with van der Waals surface area (Å²) in [5.74, 6) is -6.09. The number of hydrogen-bond acceptors (Lipinski definition) is 6. The summed E-state index contributed by atoms with van der Waals surface area (Å²) in [6.07, 6.45) is -0.392. The third-order valence-electron chi connectivity index (χ3n) is 4.32. The fraction of sp³-hybridized carbons (Fsp3) is 0.238. The van der Waals surface area contributed by atoms with E-state index in [2.05, 4.69) is 4.98 Å². The van der Waals surface area contributed by atoms with Gasteiger partial charge in [-0.15, -0.1) is 0 Å².